The maximum atomic E-state index is 10.9. The summed E-state index contributed by atoms with van der Waals surface area (Å²) in [5.41, 5.74) is 1.57. The van der Waals surface area contributed by atoms with Crippen molar-refractivity contribution in [2.75, 3.05) is 0 Å². The molecule has 0 unspecified atom stereocenters. The van der Waals surface area contributed by atoms with Crippen molar-refractivity contribution in [2.24, 2.45) is 5.92 Å². The monoisotopic (exact) mass is 231 g/mol. The average Bonchev–Trinajstić information content (AvgIpc) is 2.67. The van der Waals surface area contributed by atoms with Crippen LogP contribution < -0.4 is 0 Å². The normalized spacial score (nSPS) is 12.3. The van der Waals surface area contributed by atoms with E-state index < -0.39 is 0 Å². The minimum absolute atomic E-state index is 0.130. The van der Waals surface area contributed by atoms with Crippen LogP contribution in [-0.4, -0.2) is 14.3 Å². The Morgan fingerprint density at radius 1 is 1.53 bits per heavy atom. The maximum Gasteiger partial charge on any atom is 0.250 e. The summed E-state index contributed by atoms with van der Waals surface area (Å²) in [6, 6.07) is 5.63. The Kier molecular flexibility index (Phi) is 2.91. The summed E-state index contributed by atoms with van der Waals surface area (Å²) in [6.45, 7) is 3.59. The van der Waals surface area contributed by atoms with Gasteiger partial charge in [0.15, 0.2) is 0 Å². The molecule has 0 radical (unpaired) electrons. The maximum absolute atomic E-state index is 10.9. The first-order valence-electron chi connectivity index (χ1n) is 5.37. The van der Waals surface area contributed by atoms with Crippen LogP contribution in [-0.2, 0) is 0 Å². The summed E-state index contributed by atoms with van der Waals surface area (Å²) in [5.74, 6) is -0.130. The van der Waals surface area contributed by atoms with Gasteiger partial charge in [-0.25, -0.2) is 4.98 Å². The van der Waals surface area contributed by atoms with Crippen LogP contribution in [0.4, 0.5) is 0 Å². The van der Waals surface area contributed by atoms with E-state index in [0.717, 1.165) is 5.65 Å². The number of imidazole rings is 1. The van der Waals surface area contributed by atoms with E-state index in [1.807, 2.05) is 28.8 Å². The van der Waals surface area contributed by atoms with Crippen LogP contribution in [0, 0.1) is 16.0 Å². The molecule has 0 spiro atoms. The van der Waals surface area contributed by atoms with Gasteiger partial charge in [-0.05, 0) is 12.1 Å². The molecule has 5 heteroatoms. The molecule has 5 nitrogen and oxygen atoms in total. The number of nitrogens with zero attached hydrogens (tertiary/aromatic N) is 3. The van der Waals surface area contributed by atoms with E-state index in [1.54, 1.807) is 20.0 Å². The second-order valence-electron chi connectivity index (χ2n) is 4.11. The van der Waals surface area contributed by atoms with E-state index in [-0.39, 0.29) is 16.5 Å². The highest BCUT2D eigenvalue weighted by Crippen LogP contribution is 2.15. The third-order valence-electron chi connectivity index (χ3n) is 2.48. The summed E-state index contributed by atoms with van der Waals surface area (Å²) in [5, 5.41) is 10.9. The van der Waals surface area contributed by atoms with Crippen LogP contribution >= 0.6 is 0 Å². The third kappa shape index (κ3) is 2.33. The van der Waals surface area contributed by atoms with Crippen molar-refractivity contribution in [3.05, 3.63) is 52.1 Å². The van der Waals surface area contributed by atoms with Gasteiger partial charge in [-0.2, -0.15) is 0 Å². The molecule has 17 heavy (non-hydrogen) atoms. The first-order chi connectivity index (χ1) is 8.08. The zero-order valence-electron chi connectivity index (χ0n) is 9.70. The Balaban J connectivity index is 2.46. The lowest BCUT2D eigenvalue weighted by molar-refractivity contribution is -0.431. The number of pyridine rings is 1. The van der Waals surface area contributed by atoms with Crippen molar-refractivity contribution in [2.45, 2.75) is 13.8 Å². The van der Waals surface area contributed by atoms with Gasteiger partial charge >= 0.3 is 0 Å². The highest BCUT2D eigenvalue weighted by molar-refractivity contribution is 5.52. The van der Waals surface area contributed by atoms with E-state index in [4.69, 9.17) is 0 Å². The van der Waals surface area contributed by atoms with Gasteiger partial charge in [-0.3, -0.25) is 10.1 Å². The van der Waals surface area contributed by atoms with Crippen molar-refractivity contribution in [3.8, 4) is 0 Å². The SMILES string of the molecule is CC(C)/C(=C/c1cn2ccccc2n1)[N+](=O)[O-]. The smallest absolute Gasteiger partial charge is 0.250 e. The Bertz CT molecular complexity index is 551. The molecule has 0 saturated heterocycles. The lowest BCUT2D eigenvalue weighted by atomic mass is 10.1. The summed E-state index contributed by atoms with van der Waals surface area (Å²) in [4.78, 5) is 14.8. The zero-order chi connectivity index (χ0) is 12.4. The second kappa shape index (κ2) is 4.37. The van der Waals surface area contributed by atoms with E-state index >= 15 is 0 Å². The quantitative estimate of drug-likeness (QED) is 0.602. The molecule has 2 aromatic rings. The lowest BCUT2D eigenvalue weighted by Crippen LogP contribution is -2.05. The third-order valence-corrected chi connectivity index (χ3v) is 2.48. The lowest BCUT2D eigenvalue weighted by Gasteiger charge is -1.99. The summed E-state index contributed by atoms with van der Waals surface area (Å²) in [6.07, 6.45) is 5.17. The van der Waals surface area contributed by atoms with Gasteiger partial charge in [-0.1, -0.05) is 19.9 Å². The molecule has 0 saturated carbocycles. The van der Waals surface area contributed by atoms with E-state index in [9.17, 15) is 10.1 Å². The van der Waals surface area contributed by atoms with Crippen LogP contribution in [0.15, 0.2) is 36.3 Å². The Morgan fingerprint density at radius 2 is 2.29 bits per heavy atom. The van der Waals surface area contributed by atoms with Crippen molar-refractivity contribution in [3.63, 3.8) is 0 Å². The highest BCUT2D eigenvalue weighted by atomic mass is 16.6. The topological polar surface area (TPSA) is 60.4 Å². The Labute approximate surface area is 98.6 Å². The van der Waals surface area contributed by atoms with Crippen LogP contribution in [0.25, 0.3) is 11.7 Å². The van der Waals surface area contributed by atoms with E-state index in [2.05, 4.69) is 4.98 Å². The van der Waals surface area contributed by atoms with E-state index in [0.29, 0.717) is 5.69 Å². The number of allylic oxidation sites excluding steroid dienone is 1. The minimum Gasteiger partial charge on any atom is -0.306 e. The largest absolute Gasteiger partial charge is 0.306 e. The van der Waals surface area contributed by atoms with Crippen LogP contribution in [0.1, 0.15) is 19.5 Å². The molecule has 0 aliphatic heterocycles. The summed E-state index contributed by atoms with van der Waals surface area (Å²) >= 11 is 0. The van der Waals surface area contributed by atoms with Gasteiger partial charge in [0.25, 0.3) is 5.70 Å². The summed E-state index contributed by atoms with van der Waals surface area (Å²) < 4.78 is 1.84. The van der Waals surface area contributed by atoms with Crippen LogP contribution in [0.3, 0.4) is 0 Å². The molecule has 0 aliphatic rings. The van der Waals surface area contributed by atoms with Gasteiger partial charge in [-0.15, -0.1) is 0 Å². The second-order valence-corrected chi connectivity index (χ2v) is 4.11. The fourth-order valence-corrected chi connectivity index (χ4v) is 1.61. The molecule has 0 aromatic carbocycles. The van der Waals surface area contributed by atoms with Gasteiger partial charge < -0.3 is 4.40 Å². The highest BCUT2D eigenvalue weighted by Gasteiger charge is 2.16. The molecule has 0 fully saturated rings. The molecular formula is C12H13N3O2. The van der Waals surface area contributed by atoms with Crippen LogP contribution in [0.5, 0.6) is 0 Å². The van der Waals surface area contributed by atoms with Crippen molar-refractivity contribution in [1.82, 2.24) is 9.38 Å². The molecule has 88 valence electrons. The molecule has 0 N–H and O–H groups in total. The van der Waals surface area contributed by atoms with Gasteiger partial charge in [0.1, 0.15) is 5.65 Å². The van der Waals surface area contributed by atoms with Crippen molar-refractivity contribution < 1.29 is 4.92 Å². The van der Waals surface area contributed by atoms with Crippen molar-refractivity contribution >= 4 is 11.7 Å². The summed E-state index contributed by atoms with van der Waals surface area (Å²) in [7, 11) is 0. The first-order valence-corrected chi connectivity index (χ1v) is 5.37. The molecule has 2 heterocycles. The molecule has 2 aromatic heterocycles. The number of fused-ring (bicyclic) bond motifs is 1. The number of hydrogen-bond donors (Lipinski definition) is 0. The fourth-order valence-electron chi connectivity index (χ4n) is 1.61. The van der Waals surface area contributed by atoms with Gasteiger partial charge in [0.2, 0.25) is 0 Å². The van der Waals surface area contributed by atoms with Gasteiger partial charge in [0.05, 0.1) is 10.6 Å². The Morgan fingerprint density at radius 3 is 2.88 bits per heavy atom. The molecule has 0 amide bonds. The van der Waals surface area contributed by atoms with Crippen LogP contribution in [0.2, 0.25) is 0 Å². The number of rotatable bonds is 3. The first kappa shape index (κ1) is 11.3. The average molecular weight is 231 g/mol. The molecule has 0 atom stereocenters. The van der Waals surface area contributed by atoms with Crippen molar-refractivity contribution in [1.29, 1.82) is 0 Å². The van der Waals surface area contributed by atoms with Gasteiger partial charge in [0, 0.05) is 24.4 Å². The predicted molar refractivity (Wildman–Crippen MR) is 65.0 cm³/mol. The molecule has 0 aliphatic carbocycles. The standard InChI is InChI=1S/C12H13N3O2/c1-9(2)11(15(16)17)7-10-8-14-6-4-3-5-12(14)13-10/h3-9H,1-2H3/b11-7-. The molecule has 0 bridgehead atoms. The zero-order valence-corrected chi connectivity index (χ0v) is 9.70. The van der Waals surface area contributed by atoms with E-state index in [1.165, 1.54) is 6.08 Å². The predicted octanol–water partition coefficient (Wildman–Crippen LogP) is 2.61. The minimum atomic E-state index is -0.353. The fraction of sp³-hybridized carbons (Fsp3) is 0.250. The number of aromatic nitrogens is 2. The Hall–Kier alpha value is -2.17. The number of nitro groups is 1. The number of hydrogen-bond acceptors (Lipinski definition) is 3. The molecular weight excluding hydrogens is 218 g/mol. The molecule has 2 rings (SSSR count).